The molecule has 217 valence electrons. The van der Waals surface area contributed by atoms with Crippen LogP contribution in [-0.4, -0.2) is 49.8 Å². The summed E-state index contributed by atoms with van der Waals surface area (Å²) in [7, 11) is 0. The van der Waals surface area contributed by atoms with Crippen molar-refractivity contribution in [1.82, 2.24) is 24.5 Å². The number of imidazole rings is 1. The van der Waals surface area contributed by atoms with Crippen molar-refractivity contribution in [3.8, 4) is 0 Å². The Morgan fingerprint density at radius 2 is 1.50 bits per heavy atom. The minimum absolute atomic E-state index is 0. The van der Waals surface area contributed by atoms with Crippen LogP contribution < -0.4 is 17.2 Å². The number of aryl methyl sites for hydroxylation is 2. The zero-order chi connectivity index (χ0) is 28.6. The van der Waals surface area contributed by atoms with Crippen molar-refractivity contribution in [2.24, 2.45) is 0 Å². The highest BCUT2D eigenvalue weighted by Crippen LogP contribution is 2.29. The Kier molecular flexibility index (Phi) is 12.0. The van der Waals surface area contributed by atoms with Crippen LogP contribution in [0.4, 0.5) is 17.2 Å². The fourth-order valence-electron chi connectivity index (χ4n) is 4.38. The summed E-state index contributed by atoms with van der Waals surface area (Å²) >= 11 is 0. The maximum atomic E-state index is 12.3. The molecule has 11 nitrogen and oxygen atoms in total. The number of benzene rings is 1. The molecule has 0 bridgehead atoms. The van der Waals surface area contributed by atoms with Crippen molar-refractivity contribution in [2.45, 2.75) is 53.0 Å². The molecule has 0 unspecified atom stereocenters. The Hall–Kier alpha value is -5.00. The molecule has 3 radical (unpaired) electrons. The van der Waals surface area contributed by atoms with Gasteiger partial charge in [-0.2, -0.15) is 0 Å². The molecule has 12 heteroatoms. The zero-order valence-corrected chi connectivity index (χ0v) is 22.8. The number of nitrogens with zero attached hydrogens (tertiary/aromatic N) is 5. The number of carboxylic acids is 1. The predicted octanol–water partition coefficient (Wildman–Crippen LogP) is 4.77. The molecule has 0 fully saturated rings. The topological polar surface area (TPSA) is 189 Å². The lowest BCUT2D eigenvalue weighted by molar-refractivity contribution is 0.0690. The maximum absolute atomic E-state index is 12.3. The molecule has 5 rings (SSSR count). The van der Waals surface area contributed by atoms with E-state index in [1.807, 2.05) is 18.2 Å². The molecule has 4 aromatic heterocycles. The van der Waals surface area contributed by atoms with Gasteiger partial charge in [0.2, 0.25) is 0 Å². The number of aromatic carboxylic acids is 1. The number of hydrogen-bond donors (Lipinski definition) is 4. The van der Waals surface area contributed by atoms with E-state index in [-0.39, 0.29) is 27.3 Å². The van der Waals surface area contributed by atoms with Crippen LogP contribution in [-0.2, 0) is 13.0 Å². The first-order chi connectivity index (χ1) is 19.3. The van der Waals surface area contributed by atoms with Crippen LogP contribution in [0.1, 0.15) is 66.8 Å². The monoisotopic (exact) mass is 567 g/mol. The Balaban J connectivity index is 0.000000439. The number of pyridine rings is 3. The molecule has 5 aromatic rings. The van der Waals surface area contributed by atoms with Crippen molar-refractivity contribution in [3.63, 3.8) is 0 Å². The molecule has 0 atom stereocenters. The summed E-state index contributed by atoms with van der Waals surface area (Å²) in [6.45, 7) is 2.93. The van der Waals surface area contributed by atoms with Gasteiger partial charge in [0.15, 0.2) is 11.6 Å². The summed E-state index contributed by atoms with van der Waals surface area (Å²) in [6, 6.07) is 14.3. The second-order valence-electron chi connectivity index (χ2n) is 9.24. The minimum atomic E-state index is -1.04. The van der Waals surface area contributed by atoms with Crippen molar-refractivity contribution >= 4 is 59.3 Å². The summed E-state index contributed by atoms with van der Waals surface area (Å²) in [5.74, 6) is 0.498. The van der Waals surface area contributed by atoms with Crippen LogP contribution in [0.15, 0.2) is 60.9 Å². The van der Waals surface area contributed by atoms with E-state index >= 15 is 0 Å². The lowest BCUT2D eigenvalue weighted by atomic mass is 10.1. The standard InChI is InChI=1S/C23H26N6O.C6H6N2O2.CH4.B/c1-2-20-28-21-22(16-8-5-6-9-17(16)27-23(21)25)29(20)13-7-3-4-10-19(30)18-12-11-15(24)14-26-18;7-4-1-2-5(6(9)10)8-3-4;;/h5-6,8-9,11-12,14H,2-4,7,10,13,24H2,1H3,(H2,25,27);1-3H,7H2,(H,9,10);1H4;. The number of unbranched alkanes of at least 4 members (excludes halogenated alkanes) is 2. The molecule has 0 amide bonds. The largest absolute Gasteiger partial charge is 0.477 e. The Morgan fingerprint density at radius 3 is 2.10 bits per heavy atom. The first-order valence-corrected chi connectivity index (χ1v) is 13.0. The second kappa shape index (κ2) is 15.1. The van der Waals surface area contributed by atoms with Gasteiger partial charge < -0.3 is 26.9 Å². The molecular weight excluding hydrogens is 531 g/mol. The van der Waals surface area contributed by atoms with Crippen LogP contribution in [0.5, 0.6) is 0 Å². The molecule has 7 N–H and O–H groups in total. The van der Waals surface area contributed by atoms with Crippen LogP contribution in [0, 0.1) is 0 Å². The smallest absolute Gasteiger partial charge is 0.354 e. The van der Waals surface area contributed by atoms with Gasteiger partial charge in [-0.25, -0.2) is 19.7 Å². The van der Waals surface area contributed by atoms with Gasteiger partial charge in [0.1, 0.15) is 22.7 Å². The number of nitrogen functional groups attached to an aromatic ring is 3. The molecular formula is C30H36BN8O3. The molecule has 0 saturated heterocycles. The number of hydrogen-bond acceptors (Lipinski definition) is 9. The quantitative estimate of drug-likeness (QED) is 0.110. The lowest BCUT2D eigenvalue weighted by Crippen LogP contribution is -2.05. The van der Waals surface area contributed by atoms with E-state index in [4.69, 9.17) is 27.3 Å². The number of ketones is 1. The predicted molar refractivity (Wildman–Crippen MR) is 168 cm³/mol. The normalized spacial score (nSPS) is 10.3. The Labute approximate surface area is 246 Å². The van der Waals surface area contributed by atoms with Crippen molar-refractivity contribution in [3.05, 3.63) is 78.1 Å². The maximum Gasteiger partial charge on any atom is 0.354 e. The summed E-state index contributed by atoms with van der Waals surface area (Å²) < 4.78 is 2.26. The van der Waals surface area contributed by atoms with Gasteiger partial charge in [-0.1, -0.05) is 39.0 Å². The first-order valence-electron chi connectivity index (χ1n) is 13.0. The number of Topliss-reactive ketones (excluding diaryl/α,β-unsaturated/α-hetero) is 1. The molecule has 0 aliphatic carbocycles. The lowest BCUT2D eigenvalue weighted by Gasteiger charge is -2.10. The molecule has 0 saturated carbocycles. The van der Waals surface area contributed by atoms with E-state index < -0.39 is 5.97 Å². The van der Waals surface area contributed by atoms with Gasteiger partial charge in [0.05, 0.1) is 34.8 Å². The van der Waals surface area contributed by atoms with Gasteiger partial charge in [-0.15, -0.1) is 0 Å². The summed E-state index contributed by atoms with van der Waals surface area (Å²) in [6.07, 6.45) is 6.87. The van der Waals surface area contributed by atoms with Crippen molar-refractivity contribution in [1.29, 1.82) is 0 Å². The van der Waals surface area contributed by atoms with E-state index in [1.54, 1.807) is 12.1 Å². The average molecular weight is 567 g/mol. The fourth-order valence-corrected chi connectivity index (χ4v) is 4.38. The number of carboxylic acid groups (broad SMARTS) is 1. The number of carbonyl (C=O) groups excluding carboxylic acids is 1. The highest BCUT2D eigenvalue weighted by Gasteiger charge is 2.16. The first kappa shape index (κ1) is 33.2. The van der Waals surface area contributed by atoms with E-state index in [2.05, 4.69) is 32.5 Å². The molecule has 4 heterocycles. The average Bonchev–Trinajstić information content (AvgIpc) is 3.33. The molecule has 0 aliphatic rings. The van der Waals surface area contributed by atoms with Crippen LogP contribution in [0.25, 0.3) is 21.9 Å². The fraction of sp³-hybridized carbons (Fsp3) is 0.267. The van der Waals surface area contributed by atoms with Gasteiger partial charge >= 0.3 is 5.97 Å². The van der Waals surface area contributed by atoms with Gasteiger partial charge in [-0.05, 0) is 43.2 Å². The zero-order valence-electron chi connectivity index (χ0n) is 22.8. The third kappa shape index (κ3) is 7.81. The van der Waals surface area contributed by atoms with Crippen LogP contribution >= 0.6 is 0 Å². The molecule has 1 aromatic carbocycles. The third-order valence-corrected chi connectivity index (χ3v) is 6.37. The van der Waals surface area contributed by atoms with E-state index in [1.165, 1.54) is 24.5 Å². The van der Waals surface area contributed by atoms with E-state index in [0.717, 1.165) is 60.0 Å². The third-order valence-electron chi connectivity index (χ3n) is 6.37. The SMILES string of the molecule is C.CCc1nc2c(N)nc3ccccc3c2n1CCCCCC(=O)c1ccc(N)cn1.Nc1ccc(C(=O)O)nc1.[B]. The number of rotatable bonds is 9. The number of aromatic nitrogens is 5. The Morgan fingerprint density at radius 1 is 0.857 bits per heavy atom. The Bertz CT molecular complexity index is 1640. The highest BCUT2D eigenvalue weighted by atomic mass is 16.4. The summed E-state index contributed by atoms with van der Waals surface area (Å²) in [5, 5.41) is 9.44. The number of nitrogens with two attached hydrogens (primary N) is 3. The second-order valence-corrected chi connectivity index (χ2v) is 9.24. The number of anilines is 3. The molecule has 0 spiro atoms. The molecule has 0 aliphatic heterocycles. The van der Waals surface area contributed by atoms with Crippen LogP contribution in [0.3, 0.4) is 0 Å². The van der Waals surface area contributed by atoms with Crippen molar-refractivity contribution in [2.75, 3.05) is 17.2 Å². The summed E-state index contributed by atoms with van der Waals surface area (Å²) in [4.78, 5) is 39.4. The van der Waals surface area contributed by atoms with Gasteiger partial charge in [0, 0.05) is 33.2 Å². The van der Waals surface area contributed by atoms with E-state index in [9.17, 15) is 9.59 Å². The summed E-state index contributed by atoms with van der Waals surface area (Å²) in [5.41, 5.74) is 21.3. The van der Waals surface area contributed by atoms with E-state index in [0.29, 0.717) is 29.3 Å². The van der Waals surface area contributed by atoms with Crippen LogP contribution in [0.2, 0.25) is 0 Å². The molecule has 42 heavy (non-hydrogen) atoms. The van der Waals surface area contributed by atoms with Gasteiger partial charge in [0.25, 0.3) is 0 Å². The highest BCUT2D eigenvalue weighted by molar-refractivity contribution is 6.06. The number of carbonyl (C=O) groups is 2. The van der Waals surface area contributed by atoms with Crippen molar-refractivity contribution < 1.29 is 14.7 Å². The number of fused-ring (bicyclic) bond motifs is 3. The number of para-hydroxylation sites is 1. The van der Waals surface area contributed by atoms with Gasteiger partial charge in [-0.3, -0.25) is 9.78 Å². The minimum Gasteiger partial charge on any atom is -0.477 e.